The van der Waals surface area contributed by atoms with Gasteiger partial charge in [-0.15, -0.1) is 0 Å². The Hall–Kier alpha value is -0.820. The molecule has 0 radical (unpaired) electrons. The third-order valence-electron chi connectivity index (χ3n) is 2.72. The number of carbonyl (C=O) groups excluding carboxylic acids is 1. The molecule has 92 valence electrons. The van der Waals surface area contributed by atoms with Crippen LogP contribution in [0.4, 0.5) is 0 Å². The molecule has 0 bridgehead atoms. The molecule has 2 N–H and O–H groups in total. The highest BCUT2D eigenvalue weighted by molar-refractivity contribution is 14.1. The van der Waals surface area contributed by atoms with E-state index < -0.39 is 0 Å². The van der Waals surface area contributed by atoms with Crippen LogP contribution in [-0.2, 0) is 4.74 Å². The van der Waals surface area contributed by atoms with Crippen molar-refractivity contribution in [2.24, 2.45) is 0 Å². The Morgan fingerprint density at radius 3 is 3.12 bits per heavy atom. The van der Waals surface area contributed by atoms with E-state index in [0.29, 0.717) is 12.1 Å². The molecule has 1 heterocycles. The van der Waals surface area contributed by atoms with E-state index in [4.69, 9.17) is 4.74 Å². The van der Waals surface area contributed by atoms with Crippen molar-refractivity contribution in [1.82, 2.24) is 5.32 Å². The average Bonchev–Trinajstić information content (AvgIpc) is 2.82. The number of amides is 1. The predicted octanol–water partition coefficient (Wildman–Crippen LogP) is 1.91. The third-order valence-corrected chi connectivity index (χ3v) is 3.39. The van der Waals surface area contributed by atoms with Crippen molar-refractivity contribution in [3.8, 4) is 5.75 Å². The minimum Gasteiger partial charge on any atom is -0.507 e. The Bertz CT molecular complexity index is 416. The summed E-state index contributed by atoms with van der Waals surface area (Å²) < 4.78 is 6.33. The van der Waals surface area contributed by atoms with Crippen LogP contribution < -0.4 is 5.32 Å². The van der Waals surface area contributed by atoms with E-state index in [0.717, 1.165) is 23.0 Å². The van der Waals surface area contributed by atoms with Gasteiger partial charge in [0.1, 0.15) is 5.75 Å². The first-order chi connectivity index (χ1) is 8.16. The molecule has 1 aliphatic rings. The van der Waals surface area contributed by atoms with Gasteiger partial charge in [-0.3, -0.25) is 4.79 Å². The van der Waals surface area contributed by atoms with E-state index >= 15 is 0 Å². The second-order valence-electron chi connectivity index (χ2n) is 4.01. The lowest BCUT2D eigenvalue weighted by Crippen LogP contribution is -2.31. The fourth-order valence-electron chi connectivity index (χ4n) is 1.80. The van der Waals surface area contributed by atoms with Crippen molar-refractivity contribution >= 4 is 28.5 Å². The maximum atomic E-state index is 11.8. The lowest BCUT2D eigenvalue weighted by molar-refractivity contribution is 0.0855. The fourth-order valence-corrected chi connectivity index (χ4v) is 2.29. The van der Waals surface area contributed by atoms with Crippen LogP contribution in [0.2, 0.25) is 0 Å². The van der Waals surface area contributed by atoms with Crippen LogP contribution >= 0.6 is 22.6 Å². The minimum atomic E-state index is -0.253. The van der Waals surface area contributed by atoms with Gasteiger partial charge < -0.3 is 15.2 Å². The summed E-state index contributed by atoms with van der Waals surface area (Å²) in [6.07, 6.45) is 2.15. The van der Waals surface area contributed by atoms with Crippen molar-refractivity contribution in [3.05, 3.63) is 27.3 Å². The summed E-state index contributed by atoms with van der Waals surface area (Å²) in [7, 11) is 0. The zero-order valence-electron chi connectivity index (χ0n) is 9.28. The Morgan fingerprint density at radius 1 is 1.59 bits per heavy atom. The van der Waals surface area contributed by atoms with Gasteiger partial charge in [0.25, 0.3) is 5.91 Å². The van der Waals surface area contributed by atoms with Gasteiger partial charge in [-0.1, -0.05) is 0 Å². The zero-order chi connectivity index (χ0) is 12.3. The second-order valence-corrected chi connectivity index (χ2v) is 5.25. The van der Waals surface area contributed by atoms with Crippen LogP contribution in [0.1, 0.15) is 23.2 Å². The van der Waals surface area contributed by atoms with Crippen LogP contribution in [0.25, 0.3) is 0 Å². The van der Waals surface area contributed by atoms with Gasteiger partial charge in [-0.25, -0.2) is 0 Å². The molecule has 4 nitrogen and oxygen atoms in total. The average molecular weight is 347 g/mol. The molecule has 17 heavy (non-hydrogen) atoms. The highest BCUT2D eigenvalue weighted by Gasteiger charge is 2.17. The van der Waals surface area contributed by atoms with Gasteiger partial charge in [0, 0.05) is 16.7 Å². The summed E-state index contributed by atoms with van der Waals surface area (Å²) in [6.45, 7) is 1.28. The number of phenolic OH excluding ortho intramolecular Hbond substituents is 1. The number of hydrogen-bond donors (Lipinski definition) is 2. The number of hydrogen-bond acceptors (Lipinski definition) is 3. The molecular weight excluding hydrogens is 333 g/mol. The normalized spacial score (nSPS) is 19.2. The van der Waals surface area contributed by atoms with Crippen LogP contribution in [0, 0.1) is 3.57 Å². The molecule has 1 aromatic rings. The quantitative estimate of drug-likeness (QED) is 0.822. The summed E-state index contributed by atoms with van der Waals surface area (Å²) in [6, 6.07) is 4.95. The van der Waals surface area contributed by atoms with Gasteiger partial charge in [0.05, 0.1) is 11.7 Å². The number of aromatic hydroxyl groups is 1. The monoisotopic (exact) mass is 347 g/mol. The number of nitrogens with one attached hydrogen (secondary N) is 1. The number of halogens is 1. The van der Waals surface area contributed by atoms with Crippen LogP contribution in [0.3, 0.4) is 0 Å². The van der Waals surface area contributed by atoms with Gasteiger partial charge in [0.15, 0.2) is 0 Å². The molecule has 1 amide bonds. The molecular formula is C12H14INO3. The molecule has 0 aromatic heterocycles. The summed E-state index contributed by atoms with van der Waals surface area (Å²) in [5.74, 6) is -0.244. The van der Waals surface area contributed by atoms with Gasteiger partial charge >= 0.3 is 0 Å². The van der Waals surface area contributed by atoms with E-state index in [1.54, 1.807) is 12.1 Å². The van der Waals surface area contributed by atoms with Gasteiger partial charge in [-0.05, 0) is 53.6 Å². The minimum absolute atomic E-state index is 0.00950. The van der Waals surface area contributed by atoms with Gasteiger partial charge in [-0.2, -0.15) is 0 Å². The highest BCUT2D eigenvalue weighted by Crippen LogP contribution is 2.19. The molecule has 1 fully saturated rings. The Balaban J connectivity index is 1.96. The number of benzene rings is 1. The third kappa shape index (κ3) is 3.32. The van der Waals surface area contributed by atoms with Crippen LogP contribution in [0.15, 0.2) is 18.2 Å². The van der Waals surface area contributed by atoms with E-state index in [1.165, 1.54) is 6.07 Å². The molecule has 1 unspecified atom stereocenters. The van der Waals surface area contributed by atoms with E-state index in [9.17, 15) is 9.90 Å². The lowest BCUT2D eigenvalue weighted by Gasteiger charge is -2.11. The summed E-state index contributed by atoms with van der Waals surface area (Å²) in [5, 5.41) is 12.4. The standard InChI is InChI=1S/C12H14INO3/c13-8-3-4-11(15)10(6-8)12(16)14-7-9-2-1-5-17-9/h3-4,6,9,15H,1-2,5,7H2,(H,14,16). The number of phenols is 1. The second kappa shape index (κ2) is 5.68. The Labute approximate surface area is 113 Å². The lowest BCUT2D eigenvalue weighted by atomic mass is 10.2. The molecule has 0 spiro atoms. The summed E-state index contributed by atoms with van der Waals surface area (Å²) >= 11 is 2.11. The summed E-state index contributed by atoms with van der Waals surface area (Å²) in [5.41, 5.74) is 0.315. The van der Waals surface area contributed by atoms with E-state index in [1.807, 2.05) is 0 Å². The van der Waals surface area contributed by atoms with E-state index in [-0.39, 0.29) is 17.8 Å². The zero-order valence-corrected chi connectivity index (χ0v) is 11.4. The van der Waals surface area contributed by atoms with Crippen molar-refractivity contribution in [3.63, 3.8) is 0 Å². The molecule has 1 aliphatic heterocycles. The topological polar surface area (TPSA) is 58.6 Å². The smallest absolute Gasteiger partial charge is 0.255 e. The molecule has 1 saturated heterocycles. The van der Waals surface area contributed by atoms with Gasteiger partial charge in [0.2, 0.25) is 0 Å². The molecule has 0 aliphatic carbocycles. The first-order valence-corrected chi connectivity index (χ1v) is 6.63. The maximum Gasteiger partial charge on any atom is 0.255 e. The number of ether oxygens (including phenoxy) is 1. The number of carbonyl (C=O) groups is 1. The van der Waals surface area contributed by atoms with Crippen LogP contribution in [-0.4, -0.2) is 30.3 Å². The number of rotatable bonds is 3. The Morgan fingerprint density at radius 2 is 2.41 bits per heavy atom. The van der Waals surface area contributed by atoms with Crippen molar-refractivity contribution in [2.45, 2.75) is 18.9 Å². The van der Waals surface area contributed by atoms with Crippen molar-refractivity contribution in [1.29, 1.82) is 0 Å². The molecule has 1 aromatic carbocycles. The van der Waals surface area contributed by atoms with Crippen molar-refractivity contribution in [2.75, 3.05) is 13.2 Å². The summed E-state index contributed by atoms with van der Waals surface area (Å²) in [4.78, 5) is 11.8. The molecule has 0 saturated carbocycles. The fraction of sp³-hybridized carbons (Fsp3) is 0.417. The highest BCUT2D eigenvalue weighted by atomic mass is 127. The SMILES string of the molecule is O=C(NCC1CCCO1)c1cc(I)ccc1O. The molecule has 2 rings (SSSR count). The maximum absolute atomic E-state index is 11.8. The van der Waals surface area contributed by atoms with Crippen LogP contribution in [0.5, 0.6) is 5.75 Å². The molecule has 5 heteroatoms. The Kier molecular flexibility index (Phi) is 4.22. The van der Waals surface area contributed by atoms with E-state index in [2.05, 4.69) is 27.9 Å². The first kappa shape index (κ1) is 12.6. The predicted molar refractivity (Wildman–Crippen MR) is 72.1 cm³/mol. The molecule has 1 atom stereocenters. The largest absolute Gasteiger partial charge is 0.507 e. The van der Waals surface area contributed by atoms with Crippen molar-refractivity contribution < 1.29 is 14.6 Å². The first-order valence-electron chi connectivity index (χ1n) is 5.55.